The van der Waals surface area contributed by atoms with E-state index < -0.39 is 9.84 Å². The van der Waals surface area contributed by atoms with E-state index in [4.69, 9.17) is 0 Å². The van der Waals surface area contributed by atoms with Crippen molar-refractivity contribution in [2.24, 2.45) is 0 Å². The molecule has 1 aliphatic heterocycles. The molecule has 1 aliphatic carbocycles. The van der Waals surface area contributed by atoms with Crippen molar-refractivity contribution in [2.75, 3.05) is 16.8 Å². The Morgan fingerprint density at radius 2 is 2.25 bits per heavy atom. The van der Waals surface area contributed by atoms with Crippen LogP contribution in [0.15, 0.2) is 5.38 Å². The van der Waals surface area contributed by atoms with E-state index in [-0.39, 0.29) is 23.5 Å². The van der Waals surface area contributed by atoms with Crippen LogP contribution >= 0.6 is 11.3 Å². The maximum Gasteiger partial charge on any atom is 0.276 e. The second-order valence-electron chi connectivity index (χ2n) is 6.38. The number of carbonyl (C=O) groups excluding carboxylic acids is 1. The zero-order chi connectivity index (χ0) is 16.9. The fourth-order valence-corrected chi connectivity index (χ4v) is 5.83. The van der Waals surface area contributed by atoms with Gasteiger partial charge < -0.3 is 0 Å². The lowest BCUT2D eigenvalue weighted by Gasteiger charge is -2.14. The van der Waals surface area contributed by atoms with Crippen LogP contribution in [0.4, 0.5) is 5.13 Å². The molecule has 2 aromatic rings. The molecule has 1 fully saturated rings. The molecule has 4 rings (SSSR count). The number of amides is 1. The Kier molecular flexibility index (Phi) is 3.72. The van der Waals surface area contributed by atoms with E-state index in [0.717, 1.165) is 36.2 Å². The number of fused-ring (bicyclic) bond motifs is 1. The van der Waals surface area contributed by atoms with Crippen molar-refractivity contribution in [3.8, 4) is 0 Å². The molecule has 2 aliphatic rings. The summed E-state index contributed by atoms with van der Waals surface area (Å²) in [7, 11) is -3.04. The third-order valence-electron chi connectivity index (χ3n) is 4.54. The number of thiazole rings is 1. The van der Waals surface area contributed by atoms with Crippen LogP contribution in [0.2, 0.25) is 0 Å². The average molecular weight is 366 g/mol. The predicted molar refractivity (Wildman–Crippen MR) is 91.4 cm³/mol. The number of carbonyl (C=O) groups is 1. The van der Waals surface area contributed by atoms with Gasteiger partial charge in [-0.2, -0.15) is 5.10 Å². The lowest BCUT2D eigenvalue weighted by atomic mass is 10.1. The summed E-state index contributed by atoms with van der Waals surface area (Å²) in [4.78, 5) is 17.1. The van der Waals surface area contributed by atoms with Crippen LogP contribution in [0.1, 0.15) is 46.3 Å². The van der Waals surface area contributed by atoms with Gasteiger partial charge in [-0.25, -0.2) is 13.4 Å². The molecule has 24 heavy (non-hydrogen) atoms. The van der Waals surface area contributed by atoms with Gasteiger partial charge in [-0.05, 0) is 32.6 Å². The van der Waals surface area contributed by atoms with Gasteiger partial charge in [0, 0.05) is 10.9 Å². The topological polar surface area (TPSA) is 94.0 Å². The molecular weight excluding hydrogens is 348 g/mol. The van der Waals surface area contributed by atoms with Crippen LogP contribution in [0.25, 0.3) is 0 Å². The summed E-state index contributed by atoms with van der Waals surface area (Å²) in [5.74, 6) is -0.0247. The fraction of sp³-hybridized carbons (Fsp3) is 0.533. The summed E-state index contributed by atoms with van der Waals surface area (Å²) in [6.07, 6.45) is 3.16. The van der Waals surface area contributed by atoms with Crippen LogP contribution in [-0.2, 0) is 22.7 Å². The van der Waals surface area contributed by atoms with Gasteiger partial charge in [-0.15, -0.1) is 11.3 Å². The number of aromatic nitrogens is 3. The highest BCUT2D eigenvalue weighted by atomic mass is 32.2. The first kappa shape index (κ1) is 15.8. The van der Waals surface area contributed by atoms with E-state index in [9.17, 15) is 13.2 Å². The second-order valence-corrected chi connectivity index (χ2v) is 9.46. The van der Waals surface area contributed by atoms with E-state index in [1.165, 1.54) is 11.3 Å². The van der Waals surface area contributed by atoms with Crippen molar-refractivity contribution in [2.45, 2.75) is 38.6 Å². The number of aryl methyl sites for hydroxylation is 2. The number of hydrogen-bond donors (Lipinski definition) is 1. The van der Waals surface area contributed by atoms with E-state index in [1.807, 2.05) is 12.3 Å². The summed E-state index contributed by atoms with van der Waals surface area (Å²) in [5, 5.41) is 9.85. The largest absolute Gasteiger partial charge is 0.296 e. The van der Waals surface area contributed by atoms with Crippen LogP contribution in [-0.4, -0.2) is 40.6 Å². The van der Waals surface area contributed by atoms with Crippen molar-refractivity contribution < 1.29 is 13.2 Å². The van der Waals surface area contributed by atoms with Gasteiger partial charge >= 0.3 is 0 Å². The molecule has 1 saturated heterocycles. The summed E-state index contributed by atoms with van der Waals surface area (Å²) < 4.78 is 25.3. The molecule has 1 unspecified atom stereocenters. The molecule has 0 radical (unpaired) electrons. The van der Waals surface area contributed by atoms with Gasteiger partial charge in [0.05, 0.1) is 28.9 Å². The molecule has 9 heteroatoms. The van der Waals surface area contributed by atoms with Gasteiger partial charge in [-0.1, -0.05) is 0 Å². The molecular formula is C15H18N4O3S2. The van der Waals surface area contributed by atoms with Gasteiger partial charge in [0.25, 0.3) is 5.91 Å². The zero-order valence-corrected chi connectivity index (χ0v) is 14.9. The molecule has 7 nitrogen and oxygen atoms in total. The van der Waals surface area contributed by atoms with E-state index in [0.29, 0.717) is 17.2 Å². The highest BCUT2D eigenvalue weighted by Crippen LogP contribution is 2.31. The van der Waals surface area contributed by atoms with Crippen molar-refractivity contribution in [1.82, 2.24) is 14.8 Å². The standard InChI is InChI=1S/C15H18N4O3S2/c1-9-7-23-15(16-9)17-14(20)13-11-3-2-4-12(11)18-19(13)10-5-6-24(21,22)8-10/h7,10H,2-6,8H2,1H3,(H,16,17,20). The van der Waals surface area contributed by atoms with E-state index in [2.05, 4.69) is 15.4 Å². The Balaban J connectivity index is 1.69. The quantitative estimate of drug-likeness (QED) is 0.893. The molecule has 0 aromatic carbocycles. The maximum atomic E-state index is 12.8. The van der Waals surface area contributed by atoms with Gasteiger partial charge in [0.15, 0.2) is 15.0 Å². The number of nitrogens with one attached hydrogen (secondary N) is 1. The molecule has 1 N–H and O–H groups in total. The SMILES string of the molecule is Cc1csc(NC(=O)c2c3c(nn2C2CCS(=O)(=O)C2)CCC3)n1. The van der Waals surface area contributed by atoms with Crippen LogP contribution in [0, 0.1) is 6.92 Å². The molecule has 2 aromatic heterocycles. The third-order valence-corrected chi connectivity index (χ3v) is 7.17. The number of anilines is 1. The number of nitrogens with zero attached hydrogens (tertiary/aromatic N) is 3. The van der Waals surface area contributed by atoms with Crippen LogP contribution < -0.4 is 5.32 Å². The van der Waals surface area contributed by atoms with E-state index >= 15 is 0 Å². The molecule has 0 bridgehead atoms. The first-order valence-corrected chi connectivity index (χ1v) is 10.7. The molecule has 1 amide bonds. The first-order chi connectivity index (χ1) is 11.4. The smallest absolute Gasteiger partial charge is 0.276 e. The van der Waals surface area contributed by atoms with Crippen molar-refractivity contribution in [1.29, 1.82) is 0 Å². The molecule has 1 atom stereocenters. The van der Waals surface area contributed by atoms with Gasteiger partial charge in [0.2, 0.25) is 0 Å². The van der Waals surface area contributed by atoms with Crippen LogP contribution in [0.5, 0.6) is 0 Å². The lowest BCUT2D eigenvalue weighted by Crippen LogP contribution is -2.23. The monoisotopic (exact) mass is 366 g/mol. The Hall–Kier alpha value is -1.74. The van der Waals surface area contributed by atoms with Crippen LogP contribution in [0.3, 0.4) is 0 Å². The molecule has 128 valence electrons. The van der Waals surface area contributed by atoms with Gasteiger partial charge in [-0.3, -0.25) is 14.8 Å². The van der Waals surface area contributed by atoms with Crippen molar-refractivity contribution >= 4 is 32.2 Å². The number of hydrogen-bond acceptors (Lipinski definition) is 6. The minimum absolute atomic E-state index is 0.0597. The summed E-state index contributed by atoms with van der Waals surface area (Å²) in [5.41, 5.74) is 3.26. The second kappa shape index (κ2) is 5.66. The predicted octanol–water partition coefficient (Wildman–Crippen LogP) is 1.75. The normalized spacial score (nSPS) is 21.8. The first-order valence-electron chi connectivity index (χ1n) is 7.97. The Labute approximate surface area is 144 Å². The van der Waals surface area contributed by atoms with Gasteiger partial charge in [0.1, 0.15) is 5.69 Å². The molecule has 0 spiro atoms. The average Bonchev–Trinajstić information content (AvgIpc) is 3.22. The summed E-state index contributed by atoms with van der Waals surface area (Å²) >= 11 is 1.38. The highest BCUT2D eigenvalue weighted by Gasteiger charge is 2.35. The Morgan fingerprint density at radius 3 is 2.92 bits per heavy atom. The Morgan fingerprint density at radius 1 is 1.42 bits per heavy atom. The third kappa shape index (κ3) is 2.75. The maximum absolute atomic E-state index is 12.8. The fourth-order valence-electron chi connectivity index (χ4n) is 3.45. The minimum Gasteiger partial charge on any atom is -0.296 e. The molecule has 0 saturated carbocycles. The lowest BCUT2D eigenvalue weighted by molar-refractivity contribution is 0.101. The number of sulfone groups is 1. The molecule has 3 heterocycles. The van der Waals surface area contributed by atoms with Crippen molar-refractivity contribution in [3.63, 3.8) is 0 Å². The summed E-state index contributed by atoms with van der Waals surface area (Å²) in [6, 6.07) is -0.251. The highest BCUT2D eigenvalue weighted by molar-refractivity contribution is 7.91. The zero-order valence-electron chi connectivity index (χ0n) is 13.3. The summed E-state index contributed by atoms with van der Waals surface area (Å²) in [6.45, 7) is 1.87. The Bertz CT molecular complexity index is 913. The van der Waals surface area contributed by atoms with Crippen molar-refractivity contribution in [3.05, 3.63) is 28.0 Å². The minimum atomic E-state index is -3.04. The number of rotatable bonds is 3. The van der Waals surface area contributed by atoms with E-state index in [1.54, 1.807) is 4.68 Å².